The van der Waals surface area contributed by atoms with Crippen LogP contribution >= 0.6 is 11.6 Å². The van der Waals surface area contributed by atoms with Crippen molar-refractivity contribution in [1.82, 2.24) is 15.1 Å². The highest BCUT2D eigenvalue weighted by Crippen LogP contribution is 2.23. The molecule has 0 bridgehead atoms. The van der Waals surface area contributed by atoms with Gasteiger partial charge in [0.15, 0.2) is 0 Å². The second kappa shape index (κ2) is 7.62. The standard InChI is InChI=1S/C17H24ClN3/c1-4-15-17(18)16(21(5-2)20-15)12-14(19-3)11-13-9-7-6-8-10-13/h6-10,14,19H,4-5,11-12H2,1-3H3. The Kier molecular flexibility index (Phi) is 5.83. The number of aryl methyl sites for hydroxylation is 2. The van der Waals surface area contributed by atoms with Crippen molar-refractivity contribution in [2.45, 2.75) is 45.7 Å². The van der Waals surface area contributed by atoms with Gasteiger partial charge in [0.1, 0.15) is 0 Å². The van der Waals surface area contributed by atoms with Crippen molar-refractivity contribution in [1.29, 1.82) is 0 Å². The van der Waals surface area contributed by atoms with Gasteiger partial charge in [-0.1, -0.05) is 48.9 Å². The second-order valence-electron chi connectivity index (χ2n) is 5.26. The van der Waals surface area contributed by atoms with Gasteiger partial charge in [0.05, 0.1) is 16.4 Å². The fraction of sp³-hybridized carbons (Fsp3) is 0.471. The third-order valence-electron chi connectivity index (χ3n) is 3.87. The Morgan fingerprint density at radius 3 is 2.48 bits per heavy atom. The van der Waals surface area contributed by atoms with Gasteiger partial charge in [-0.2, -0.15) is 5.10 Å². The Hall–Kier alpha value is -1.32. The van der Waals surface area contributed by atoms with E-state index >= 15 is 0 Å². The molecular formula is C17H24ClN3. The fourth-order valence-electron chi connectivity index (χ4n) is 2.62. The van der Waals surface area contributed by atoms with Crippen molar-refractivity contribution in [3.63, 3.8) is 0 Å². The summed E-state index contributed by atoms with van der Waals surface area (Å²) in [7, 11) is 2.01. The molecule has 2 rings (SSSR count). The number of hydrogen-bond acceptors (Lipinski definition) is 2. The summed E-state index contributed by atoms with van der Waals surface area (Å²) >= 11 is 6.50. The van der Waals surface area contributed by atoms with Crippen LogP contribution in [0.2, 0.25) is 5.02 Å². The van der Waals surface area contributed by atoms with Gasteiger partial charge in [0, 0.05) is 19.0 Å². The smallest absolute Gasteiger partial charge is 0.0850 e. The molecule has 3 nitrogen and oxygen atoms in total. The molecule has 2 aromatic rings. The maximum atomic E-state index is 6.50. The molecule has 0 fully saturated rings. The number of hydrogen-bond donors (Lipinski definition) is 1. The van der Waals surface area contributed by atoms with Crippen LogP contribution in [0.3, 0.4) is 0 Å². The van der Waals surface area contributed by atoms with E-state index in [1.165, 1.54) is 5.56 Å². The molecule has 0 spiro atoms. The van der Waals surface area contributed by atoms with Gasteiger partial charge in [0.25, 0.3) is 0 Å². The number of rotatable bonds is 7. The van der Waals surface area contributed by atoms with Crippen LogP contribution in [-0.4, -0.2) is 22.9 Å². The molecule has 1 aromatic carbocycles. The summed E-state index contributed by atoms with van der Waals surface area (Å²) in [5.41, 5.74) is 3.49. The van der Waals surface area contributed by atoms with Crippen LogP contribution in [0.5, 0.6) is 0 Å². The van der Waals surface area contributed by atoms with Crippen molar-refractivity contribution >= 4 is 11.6 Å². The van der Waals surface area contributed by atoms with Gasteiger partial charge in [0.2, 0.25) is 0 Å². The lowest BCUT2D eigenvalue weighted by Crippen LogP contribution is -2.31. The van der Waals surface area contributed by atoms with Gasteiger partial charge in [-0.25, -0.2) is 0 Å². The molecule has 0 saturated heterocycles. The average molecular weight is 306 g/mol. The predicted molar refractivity (Wildman–Crippen MR) is 89.0 cm³/mol. The minimum absolute atomic E-state index is 0.358. The highest BCUT2D eigenvalue weighted by Gasteiger charge is 2.18. The summed E-state index contributed by atoms with van der Waals surface area (Å²) < 4.78 is 2.04. The Labute approximate surface area is 132 Å². The number of halogens is 1. The topological polar surface area (TPSA) is 29.9 Å². The normalized spacial score (nSPS) is 12.6. The van der Waals surface area contributed by atoms with E-state index in [1.807, 2.05) is 11.7 Å². The average Bonchev–Trinajstić information content (AvgIpc) is 2.83. The number of nitrogens with zero attached hydrogens (tertiary/aromatic N) is 2. The van der Waals surface area contributed by atoms with E-state index in [2.05, 4.69) is 54.6 Å². The molecule has 1 heterocycles. The Morgan fingerprint density at radius 2 is 1.90 bits per heavy atom. The Bertz CT molecular complexity index is 563. The van der Waals surface area contributed by atoms with Crippen molar-refractivity contribution in [3.05, 3.63) is 52.3 Å². The van der Waals surface area contributed by atoms with E-state index in [0.717, 1.165) is 42.2 Å². The Morgan fingerprint density at radius 1 is 1.19 bits per heavy atom. The van der Waals surface area contributed by atoms with Crippen molar-refractivity contribution in [2.24, 2.45) is 0 Å². The van der Waals surface area contributed by atoms with Gasteiger partial charge < -0.3 is 5.32 Å². The third kappa shape index (κ3) is 3.86. The van der Waals surface area contributed by atoms with Gasteiger partial charge in [-0.05, 0) is 32.4 Å². The molecule has 0 amide bonds. The minimum Gasteiger partial charge on any atom is -0.316 e. The maximum Gasteiger partial charge on any atom is 0.0850 e. The lowest BCUT2D eigenvalue weighted by molar-refractivity contribution is 0.519. The molecule has 1 aromatic heterocycles. The molecule has 0 saturated carbocycles. The van der Waals surface area contributed by atoms with E-state index in [-0.39, 0.29) is 0 Å². The van der Waals surface area contributed by atoms with Gasteiger partial charge >= 0.3 is 0 Å². The van der Waals surface area contributed by atoms with Crippen LogP contribution in [0.4, 0.5) is 0 Å². The predicted octanol–water partition coefficient (Wildman–Crippen LogP) is 3.49. The third-order valence-corrected chi connectivity index (χ3v) is 4.30. The summed E-state index contributed by atoms with van der Waals surface area (Å²) in [4.78, 5) is 0. The first kappa shape index (κ1) is 16.1. The summed E-state index contributed by atoms with van der Waals surface area (Å²) in [6.45, 7) is 5.06. The number of aromatic nitrogens is 2. The van der Waals surface area contributed by atoms with E-state index in [0.29, 0.717) is 6.04 Å². The Balaban J connectivity index is 2.16. The van der Waals surface area contributed by atoms with Crippen LogP contribution in [0.15, 0.2) is 30.3 Å². The van der Waals surface area contributed by atoms with Crippen molar-refractivity contribution in [2.75, 3.05) is 7.05 Å². The van der Waals surface area contributed by atoms with Crippen LogP contribution in [0.25, 0.3) is 0 Å². The zero-order chi connectivity index (χ0) is 15.2. The van der Waals surface area contributed by atoms with Gasteiger partial charge in [-0.15, -0.1) is 0 Å². The summed E-state index contributed by atoms with van der Waals surface area (Å²) in [5, 5.41) is 8.84. The van der Waals surface area contributed by atoms with Crippen LogP contribution in [-0.2, 0) is 25.8 Å². The van der Waals surface area contributed by atoms with Crippen LogP contribution in [0, 0.1) is 0 Å². The molecule has 1 atom stereocenters. The first-order valence-electron chi connectivity index (χ1n) is 7.64. The molecule has 1 unspecified atom stereocenters. The van der Waals surface area contributed by atoms with E-state index in [4.69, 9.17) is 11.6 Å². The molecule has 1 N–H and O–H groups in total. The van der Waals surface area contributed by atoms with E-state index in [1.54, 1.807) is 0 Å². The molecule has 4 heteroatoms. The summed E-state index contributed by atoms with van der Waals surface area (Å²) in [6.07, 6.45) is 2.76. The minimum atomic E-state index is 0.358. The monoisotopic (exact) mass is 305 g/mol. The highest BCUT2D eigenvalue weighted by molar-refractivity contribution is 6.31. The molecule has 0 aliphatic heterocycles. The quantitative estimate of drug-likeness (QED) is 0.848. The number of benzene rings is 1. The summed E-state index contributed by atoms with van der Waals surface area (Å²) in [5.74, 6) is 0. The van der Waals surface area contributed by atoms with Crippen molar-refractivity contribution < 1.29 is 0 Å². The van der Waals surface area contributed by atoms with Gasteiger partial charge in [-0.3, -0.25) is 4.68 Å². The number of nitrogens with one attached hydrogen (secondary N) is 1. The lowest BCUT2D eigenvalue weighted by atomic mass is 10.0. The maximum absolute atomic E-state index is 6.50. The first-order valence-corrected chi connectivity index (χ1v) is 8.02. The first-order chi connectivity index (χ1) is 10.2. The number of likely N-dealkylation sites (N-methyl/N-ethyl adjacent to an activating group) is 1. The fourth-order valence-corrected chi connectivity index (χ4v) is 2.97. The van der Waals surface area contributed by atoms with Crippen molar-refractivity contribution in [3.8, 4) is 0 Å². The van der Waals surface area contributed by atoms with Crippen LogP contribution in [0.1, 0.15) is 30.8 Å². The molecule has 0 aliphatic rings. The second-order valence-corrected chi connectivity index (χ2v) is 5.63. The summed E-state index contributed by atoms with van der Waals surface area (Å²) in [6, 6.07) is 10.9. The zero-order valence-corrected chi connectivity index (χ0v) is 13.8. The molecular weight excluding hydrogens is 282 g/mol. The molecule has 21 heavy (non-hydrogen) atoms. The lowest BCUT2D eigenvalue weighted by Gasteiger charge is -2.17. The van der Waals surface area contributed by atoms with E-state index in [9.17, 15) is 0 Å². The SMILES string of the molecule is CCc1nn(CC)c(CC(Cc2ccccc2)NC)c1Cl. The van der Waals surface area contributed by atoms with Crippen LogP contribution < -0.4 is 5.32 Å². The molecule has 114 valence electrons. The highest BCUT2D eigenvalue weighted by atomic mass is 35.5. The zero-order valence-electron chi connectivity index (χ0n) is 13.1. The van der Waals surface area contributed by atoms with E-state index < -0.39 is 0 Å². The largest absolute Gasteiger partial charge is 0.316 e. The molecule has 0 aliphatic carbocycles. The molecule has 0 radical (unpaired) electrons.